The topological polar surface area (TPSA) is 32.3 Å². The molecule has 0 radical (unpaired) electrons. The van der Waals surface area contributed by atoms with E-state index in [2.05, 4.69) is 49.4 Å². The van der Waals surface area contributed by atoms with Gasteiger partial charge in [-0.3, -0.25) is 10.1 Å². The van der Waals surface area contributed by atoms with Crippen molar-refractivity contribution in [1.29, 1.82) is 0 Å². The first kappa shape index (κ1) is 16.8. The van der Waals surface area contributed by atoms with Gasteiger partial charge >= 0.3 is 0 Å². The third-order valence-electron chi connectivity index (χ3n) is 4.39. The van der Waals surface area contributed by atoms with Crippen molar-refractivity contribution >= 4 is 29.0 Å². The molecule has 1 aliphatic rings. The molecule has 0 aliphatic carbocycles. The van der Waals surface area contributed by atoms with Crippen LogP contribution >= 0.6 is 23.1 Å². The Labute approximate surface area is 136 Å². The molecule has 1 amide bonds. The van der Waals surface area contributed by atoms with Crippen LogP contribution in [0.25, 0.3) is 0 Å². The number of thioether (sulfide) groups is 1. The molecule has 0 aromatic carbocycles. The van der Waals surface area contributed by atoms with Gasteiger partial charge in [-0.05, 0) is 57.8 Å². The highest BCUT2D eigenvalue weighted by Crippen LogP contribution is 2.37. The van der Waals surface area contributed by atoms with Crippen LogP contribution in [0, 0.1) is 6.92 Å². The van der Waals surface area contributed by atoms with Gasteiger partial charge in [-0.2, -0.15) is 11.8 Å². The predicted octanol–water partition coefficient (Wildman–Crippen LogP) is 3.80. The molecular weight excluding hydrogens is 300 g/mol. The number of carbonyl (C=O) groups is 1. The summed E-state index contributed by atoms with van der Waals surface area (Å²) in [6.45, 7) is 8.40. The van der Waals surface area contributed by atoms with Gasteiger partial charge in [0.2, 0.25) is 5.91 Å². The summed E-state index contributed by atoms with van der Waals surface area (Å²) in [5.41, 5.74) is -0.434. The highest BCUT2D eigenvalue weighted by Gasteiger charge is 2.49. The quantitative estimate of drug-likeness (QED) is 0.863. The monoisotopic (exact) mass is 326 g/mol. The predicted molar refractivity (Wildman–Crippen MR) is 92.9 cm³/mol. The van der Waals surface area contributed by atoms with Gasteiger partial charge in [-0.1, -0.05) is 6.92 Å². The number of hydrogen-bond donors (Lipinski definition) is 1. The average Bonchev–Trinajstić information content (AvgIpc) is 3.00. The first-order valence-electron chi connectivity index (χ1n) is 7.58. The van der Waals surface area contributed by atoms with E-state index in [0.717, 1.165) is 18.6 Å². The van der Waals surface area contributed by atoms with Crippen molar-refractivity contribution in [2.24, 2.45) is 0 Å². The molecule has 0 saturated carbocycles. The molecule has 2 rings (SSSR count). The van der Waals surface area contributed by atoms with Gasteiger partial charge in [-0.25, -0.2) is 0 Å². The van der Waals surface area contributed by atoms with Crippen LogP contribution < -0.4 is 5.32 Å². The van der Waals surface area contributed by atoms with E-state index in [9.17, 15) is 4.79 Å². The molecule has 1 aromatic rings. The molecule has 1 aliphatic heterocycles. The van der Waals surface area contributed by atoms with E-state index in [1.807, 2.05) is 18.7 Å². The summed E-state index contributed by atoms with van der Waals surface area (Å²) in [4.78, 5) is 17.5. The zero-order chi connectivity index (χ0) is 15.6. The van der Waals surface area contributed by atoms with Crippen LogP contribution in [0.4, 0.5) is 0 Å². The number of nitrogens with zero attached hydrogens (tertiary/aromatic N) is 1. The van der Waals surface area contributed by atoms with Crippen LogP contribution in [-0.2, 0) is 4.79 Å². The SMILES string of the molecule is CCC1(C)NC(c2ccc(C)s2)N(C(C)CCSC)C1=O. The van der Waals surface area contributed by atoms with Gasteiger partial charge in [0.1, 0.15) is 6.17 Å². The Bertz CT molecular complexity index is 502. The number of hydrogen-bond acceptors (Lipinski definition) is 4. The maximum atomic E-state index is 12.9. The lowest BCUT2D eigenvalue weighted by Gasteiger charge is -2.30. The third-order valence-corrected chi connectivity index (χ3v) is 6.09. The van der Waals surface area contributed by atoms with Crippen LogP contribution in [-0.4, -0.2) is 34.4 Å². The molecule has 3 unspecified atom stereocenters. The molecule has 1 saturated heterocycles. The molecule has 3 atom stereocenters. The second kappa shape index (κ2) is 6.71. The van der Waals surface area contributed by atoms with Gasteiger partial charge in [0.25, 0.3) is 0 Å². The van der Waals surface area contributed by atoms with Gasteiger partial charge < -0.3 is 4.90 Å². The fourth-order valence-corrected chi connectivity index (χ4v) is 4.28. The minimum Gasteiger partial charge on any atom is -0.318 e. The molecule has 2 heterocycles. The van der Waals surface area contributed by atoms with E-state index in [1.54, 1.807) is 11.3 Å². The number of rotatable bonds is 6. The Morgan fingerprint density at radius 1 is 1.52 bits per heavy atom. The summed E-state index contributed by atoms with van der Waals surface area (Å²) >= 11 is 3.62. The number of aryl methyl sites for hydroxylation is 1. The van der Waals surface area contributed by atoms with Gasteiger partial charge in [0.15, 0.2) is 0 Å². The molecule has 3 nitrogen and oxygen atoms in total. The van der Waals surface area contributed by atoms with E-state index < -0.39 is 5.54 Å². The first-order valence-corrected chi connectivity index (χ1v) is 9.79. The van der Waals surface area contributed by atoms with Gasteiger partial charge in [-0.15, -0.1) is 11.3 Å². The summed E-state index contributed by atoms with van der Waals surface area (Å²) in [6.07, 6.45) is 4.00. The Morgan fingerprint density at radius 2 is 2.24 bits per heavy atom. The van der Waals surface area contributed by atoms with Crippen LogP contribution in [0.2, 0.25) is 0 Å². The number of nitrogens with one attached hydrogen (secondary N) is 1. The summed E-state index contributed by atoms with van der Waals surface area (Å²) < 4.78 is 0. The van der Waals surface area contributed by atoms with E-state index >= 15 is 0 Å². The van der Waals surface area contributed by atoms with E-state index in [0.29, 0.717) is 0 Å². The largest absolute Gasteiger partial charge is 0.318 e. The fraction of sp³-hybridized carbons (Fsp3) is 0.688. The lowest BCUT2D eigenvalue weighted by Crippen LogP contribution is -2.44. The van der Waals surface area contributed by atoms with Crippen molar-refractivity contribution in [2.45, 2.75) is 58.3 Å². The molecule has 21 heavy (non-hydrogen) atoms. The summed E-state index contributed by atoms with van der Waals surface area (Å²) in [5.74, 6) is 1.33. The van der Waals surface area contributed by atoms with Crippen LogP contribution in [0.15, 0.2) is 12.1 Å². The maximum absolute atomic E-state index is 12.9. The van der Waals surface area contributed by atoms with E-state index in [-0.39, 0.29) is 18.1 Å². The molecule has 118 valence electrons. The van der Waals surface area contributed by atoms with E-state index in [4.69, 9.17) is 0 Å². The van der Waals surface area contributed by atoms with Gasteiger partial charge in [0, 0.05) is 15.8 Å². The fourth-order valence-electron chi connectivity index (χ4n) is 2.78. The summed E-state index contributed by atoms with van der Waals surface area (Å²) in [5, 5.41) is 3.58. The Balaban J connectivity index is 2.29. The van der Waals surface area contributed by atoms with Gasteiger partial charge in [0.05, 0.1) is 5.54 Å². The standard InChI is InChI=1S/C16H26N2OS2/c1-6-16(4)15(19)18(11(2)9-10-20-5)14(17-16)13-8-7-12(3)21-13/h7-8,11,14,17H,6,9-10H2,1-5H3. The first-order chi connectivity index (χ1) is 9.92. The minimum atomic E-state index is -0.434. The lowest BCUT2D eigenvalue weighted by molar-refractivity contribution is -0.134. The number of carbonyl (C=O) groups excluding carboxylic acids is 1. The molecule has 1 fully saturated rings. The van der Waals surface area contributed by atoms with Crippen molar-refractivity contribution in [1.82, 2.24) is 10.2 Å². The number of amides is 1. The van der Waals surface area contributed by atoms with Crippen LogP contribution in [0.5, 0.6) is 0 Å². The minimum absolute atomic E-state index is 0.0259. The zero-order valence-electron chi connectivity index (χ0n) is 13.6. The second-order valence-corrected chi connectivity index (χ2v) is 8.33. The normalized spacial score (nSPS) is 27.4. The molecule has 1 aromatic heterocycles. The molecule has 0 spiro atoms. The van der Waals surface area contributed by atoms with Crippen LogP contribution in [0.1, 0.15) is 49.5 Å². The Hall–Kier alpha value is -0.520. The third kappa shape index (κ3) is 3.30. The maximum Gasteiger partial charge on any atom is 0.244 e. The van der Waals surface area contributed by atoms with Crippen molar-refractivity contribution in [2.75, 3.05) is 12.0 Å². The lowest BCUT2D eigenvalue weighted by atomic mass is 9.99. The average molecular weight is 327 g/mol. The highest BCUT2D eigenvalue weighted by atomic mass is 32.2. The van der Waals surface area contributed by atoms with E-state index in [1.165, 1.54) is 9.75 Å². The molecule has 5 heteroatoms. The highest BCUT2D eigenvalue weighted by molar-refractivity contribution is 7.98. The molecular formula is C16H26N2OS2. The molecule has 0 bridgehead atoms. The smallest absolute Gasteiger partial charge is 0.244 e. The second-order valence-electron chi connectivity index (χ2n) is 6.02. The summed E-state index contributed by atoms with van der Waals surface area (Å²) in [7, 11) is 0. The zero-order valence-corrected chi connectivity index (χ0v) is 15.2. The number of thiophene rings is 1. The van der Waals surface area contributed by atoms with Crippen molar-refractivity contribution in [3.05, 3.63) is 21.9 Å². The van der Waals surface area contributed by atoms with Crippen molar-refractivity contribution in [3.63, 3.8) is 0 Å². The molecule has 1 N–H and O–H groups in total. The Kier molecular flexibility index (Phi) is 5.38. The Morgan fingerprint density at radius 3 is 2.76 bits per heavy atom. The summed E-state index contributed by atoms with van der Waals surface area (Å²) in [6, 6.07) is 4.55. The van der Waals surface area contributed by atoms with Crippen molar-refractivity contribution in [3.8, 4) is 0 Å². The van der Waals surface area contributed by atoms with Crippen LogP contribution in [0.3, 0.4) is 0 Å². The van der Waals surface area contributed by atoms with Crippen molar-refractivity contribution < 1.29 is 4.79 Å².